The molecule has 0 spiro atoms. The largest absolute Gasteiger partial charge is 0.340 e. The lowest BCUT2D eigenvalue weighted by molar-refractivity contribution is -0.119. The van der Waals surface area contributed by atoms with E-state index in [0.29, 0.717) is 16.6 Å². The van der Waals surface area contributed by atoms with Crippen LogP contribution >= 0.6 is 11.3 Å². The Morgan fingerprint density at radius 2 is 1.80 bits per heavy atom. The minimum atomic E-state index is -0.839. The van der Waals surface area contributed by atoms with Gasteiger partial charge in [-0.3, -0.25) is 14.9 Å². The normalized spacial score (nSPS) is 12.8. The molecule has 0 saturated heterocycles. The van der Waals surface area contributed by atoms with E-state index in [1.807, 2.05) is 45.0 Å². The van der Waals surface area contributed by atoms with Crippen molar-refractivity contribution in [3.63, 3.8) is 0 Å². The van der Waals surface area contributed by atoms with Crippen LogP contribution in [0.1, 0.15) is 36.2 Å². The molecule has 2 amide bonds. The van der Waals surface area contributed by atoms with E-state index in [1.54, 1.807) is 6.07 Å². The molecule has 0 bridgehead atoms. The molecule has 2 atom stereocenters. The molecule has 2 aromatic carbocycles. The Balaban J connectivity index is 1.74. The monoisotopic (exact) mass is 426 g/mol. The Morgan fingerprint density at radius 1 is 1.10 bits per heavy atom. The van der Waals surface area contributed by atoms with Crippen molar-refractivity contribution in [2.45, 2.75) is 33.2 Å². The van der Waals surface area contributed by atoms with Gasteiger partial charge < -0.3 is 5.32 Å². The number of carbonyl (C=O) groups excluding carboxylic acids is 2. The van der Waals surface area contributed by atoms with Crippen molar-refractivity contribution in [1.29, 1.82) is 0 Å². The molecule has 1 aromatic heterocycles. The summed E-state index contributed by atoms with van der Waals surface area (Å²) >= 11 is 1.25. The molecule has 3 aromatic rings. The van der Waals surface area contributed by atoms with Crippen LogP contribution in [0.5, 0.6) is 0 Å². The van der Waals surface area contributed by atoms with Crippen LogP contribution < -0.4 is 10.6 Å². The molecule has 0 aliphatic rings. The fourth-order valence-corrected chi connectivity index (χ4v) is 3.59. The van der Waals surface area contributed by atoms with Gasteiger partial charge in [-0.2, -0.15) is 0 Å². The first-order valence-electron chi connectivity index (χ1n) is 9.65. The van der Waals surface area contributed by atoms with Gasteiger partial charge in [0.1, 0.15) is 16.9 Å². The van der Waals surface area contributed by atoms with Gasteiger partial charge in [-0.15, -0.1) is 10.2 Å². The van der Waals surface area contributed by atoms with Gasteiger partial charge >= 0.3 is 0 Å². The molecule has 156 valence electrons. The van der Waals surface area contributed by atoms with E-state index in [1.165, 1.54) is 29.5 Å². The van der Waals surface area contributed by atoms with Crippen molar-refractivity contribution in [1.82, 2.24) is 15.5 Å². The Kier molecular flexibility index (Phi) is 6.89. The summed E-state index contributed by atoms with van der Waals surface area (Å²) in [5.41, 5.74) is 1.94. The maximum absolute atomic E-state index is 13.9. The lowest BCUT2D eigenvalue weighted by atomic mass is 9.98. The summed E-state index contributed by atoms with van der Waals surface area (Å²) < 4.78 is 13.9. The number of nitrogens with zero attached hydrogens (tertiary/aromatic N) is 2. The average molecular weight is 427 g/mol. The Bertz CT molecular complexity index is 1040. The maximum atomic E-state index is 13.9. The Labute approximate surface area is 178 Å². The minimum Gasteiger partial charge on any atom is -0.340 e. The Morgan fingerprint density at radius 3 is 2.47 bits per heavy atom. The second-order valence-corrected chi connectivity index (χ2v) is 8.06. The highest BCUT2D eigenvalue weighted by atomic mass is 32.1. The molecule has 8 heteroatoms. The Hall–Kier alpha value is -3.13. The number of aromatic nitrogens is 2. The van der Waals surface area contributed by atoms with E-state index >= 15 is 0 Å². The highest BCUT2D eigenvalue weighted by Gasteiger charge is 2.28. The van der Waals surface area contributed by atoms with E-state index in [0.717, 1.165) is 11.1 Å². The molecule has 1 heterocycles. The second-order valence-electron chi connectivity index (χ2n) is 7.08. The molecule has 2 unspecified atom stereocenters. The van der Waals surface area contributed by atoms with Crippen LogP contribution in [0.25, 0.3) is 10.6 Å². The zero-order valence-corrected chi connectivity index (χ0v) is 17.8. The van der Waals surface area contributed by atoms with E-state index in [-0.39, 0.29) is 11.5 Å². The van der Waals surface area contributed by atoms with E-state index in [4.69, 9.17) is 0 Å². The van der Waals surface area contributed by atoms with Crippen LogP contribution in [0, 0.1) is 18.7 Å². The molecule has 0 saturated carbocycles. The topological polar surface area (TPSA) is 84.0 Å². The lowest BCUT2D eigenvalue weighted by Gasteiger charge is -2.23. The van der Waals surface area contributed by atoms with Gasteiger partial charge in [-0.1, -0.05) is 73.6 Å². The zero-order valence-electron chi connectivity index (χ0n) is 17.0. The van der Waals surface area contributed by atoms with Crippen molar-refractivity contribution in [3.05, 3.63) is 65.5 Å². The van der Waals surface area contributed by atoms with Crippen LogP contribution in [0.15, 0.2) is 48.5 Å². The van der Waals surface area contributed by atoms with E-state index in [2.05, 4.69) is 20.8 Å². The molecular weight excluding hydrogens is 403 g/mol. The number of anilines is 1. The standard InChI is InChI=1S/C22H23FN4O2S/c1-4-14(3)18(24-19(28)16-7-5-6-8-17(16)23)20(29)25-22-27-26-21(30-22)15-11-9-13(2)10-12-15/h5-12,14,18H,4H2,1-3H3,(H,24,28)(H,25,27,29). The first-order chi connectivity index (χ1) is 14.4. The maximum Gasteiger partial charge on any atom is 0.254 e. The van der Waals surface area contributed by atoms with Crippen LogP contribution in [-0.2, 0) is 4.79 Å². The minimum absolute atomic E-state index is 0.101. The molecular formula is C22H23FN4O2S. The van der Waals surface area contributed by atoms with Crippen molar-refractivity contribution in [2.75, 3.05) is 5.32 Å². The summed E-state index contributed by atoms with van der Waals surface area (Å²) in [6.07, 6.45) is 0.653. The average Bonchev–Trinajstić information content (AvgIpc) is 3.20. The third kappa shape index (κ3) is 5.07. The molecule has 0 fully saturated rings. The molecule has 6 nitrogen and oxygen atoms in total. The quantitative estimate of drug-likeness (QED) is 0.585. The summed E-state index contributed by atoms with van der Waals surface area (Å²) in [5, 5.41) is 14.6. The molecule has 0 radical (unpaired) electrons. The SMILES string of the molecule is CCC(C)C(NC(=O)c1ccccc1F)C(=O)Nc1nnc(-c2ccc(C)cc2)s1. The first-order valence-corrected chi connectivity index (χ1v) is 10.5. The first kappa shape index (κ1) is 21.6. The van der Waals surface area contributed by atoms with Crippen molar-refractivity contribution in [3.8, 4) is 10.6 Å². The number of rotatable bonds is 7. The smallest absolute Gasteiger partial charge is 0.254 e. The molecule has 3 rings (SSSR count). The van der Waals surface area contributed by atoms with Crippen LogP contribution in [0.3, 0.4) is 0 Å². The van der Waals surface area contributed by atoms with E-state index in [9.17, 15) is 14.0 Å². The summed E-state index contributed by atoms with van der Waals surface area (Å²) in [4.78, 5) is 25.4. The van der Waals surface area contributed by atoms with Gasteiger partial charge in [0.05, 0.1) is 5.56 Å². The summed E-state index contributed by atoms with van der Waals surface area (Å²) in [5.74, 6) is -1.85. The van der Waals surface area contributed by atoms with Crippen LogP contribution in [0.4, 0.5) is 9.52 Å². The van der Waals surface area contributed by atoms with Crippen LogP contribution in [-0.4, -0.2) is 28.1 Å². The van der Waals surface area contributed by atoms with Gasteiger partial charge in [0, 0.05) is 5.56 Å². The van der Waals surface area contributed by atoms with Gasteiger partial charge in [-0.25, -0.2) is 4.39 Å². The van der Waals surface area contributed by atoms with Crippen LogP contribution in [0.2, 0.25) is 0 Å². The van der Waals surface area contributed by atoms with Gasteiger partial charge in [-0.05, 0) is 25.0 Å². The van der Waals surface area contributed by atoms with Gasteiger partial charge in [0.2, 0.25) is 11.0 Å². The number of hydrogen-bond donors (Lipinski definition) is 2. The number of amides is 2. The third-order valence-electron chi connectivity index (χ3n) is 4.85. The number of halogens is 1. The van der Waals surface area contributed by atoms with Gasteiger partial charge in [0.15, 0.2) is 0 Å². The van der Waals surface area contributed by atoms with E-state index < -0.39 is 23.7 Å². The molecule has 2 N–H and O–H groups in total. The predicted molar refractivity (Wildman–Crippen MR) is 116 cm³/mol. The zero-order chi connectivity index (χ0) is 21.7. The van der Waals surface area contributed by atoms with Gasteiger partial charge in [0.25, 0.3) is 5.91 Å². The predicted octanol–water partition coefficient (Wildman–Crippen LogP) is 4.44. The highest BCUT2D eigenvalue weighted by Crippen LogP contribution is 2.27. The second kappa shape index (κ2) is 9.58. The van der Waals surface area contributed by atoms with Crippen molar-refractivity contribution >= 4 is 28.3 Å². The molecule has 30 heavy (non-hydrogen) atoms. The summed E-state index contributed by atoms with van der Waals surface area (Å²) in [6, 6.07) is 12.7. The lowest BCUT2D eigenvalue weighted by Crippen LogP contribution is -2.47. The molecule has 0 aliphatic heterocycles. The molecule has 0 aliphatic carbocycles. The van der Waals surface area contributed by atoms with Crippen molar-refractivity contribution in [2.24, 2.45) is 5.92 Å². The number of aryl methyl sites for hydroxylation is 1. The third-order valence-corrected chi connectivity index (χ3v) is 5.74. The summed E-state index contributed by atoms with van der Waals surface area (Å²) in [7, 11) is 0. The number of carbonyl (C=O) groups is 2. The summed E-state index contributed by atoms with van der Waals surface area (Å²) in [6.45, 7) is 5.77. The number of nitrogens with one attached hydrogen (secondary N) is 2. The van der Waals surface area contributed by atoms with Crippen molar-refractivity contribution < 1.29 is 14.0 Å². The highest BCUT2D eigenvalue weighted by molar-refractivity contribution is 7.18. The fourth-order valence-electron chi connectivity index (χ4n) is 2.84. The number of benzene rings is 2. The number of hydrogen-bond acceptors (Lipinski definition) is 5. The fraction of sp³-hybridized carbons (Fsp3) is 0.273.